The number of nitrogens with zero attached hydrogens (tertiary/aromatic N) is 1. The van der Waals surface area contributed by atoms with Crippen LogP contribution in [0.5, 0.6) is 0 Å². The fourth-order valence-corrected chi connectivity index (χ4v) is 3.66. The van der Waals surface area contributed by atoms with E-state index in [1.54, 1.807) is 11.3 Å². The summed E-state index contributed by atoms with van der Waals surface area (Å²) in [6.45, 7) is 2.75. The van der Waals surface area contributed by atoms with Gasteiger partial charge in [-0.05, 0) is 31.6 Å². The summed E-state index contributed by atoms with van der Waals surface area (Å²) in [5.74, 6) is 1.30. The molecule has 2 fully saturated rings. The summed E-state index contributed by atoms with van der Waals surface area (Å²) >= 11 is 1.72. The molecule has 0 bridgehead atoms. The molecule has 0 saturated heterocycles. The molecule has 2 atom stereocenters. The number of thiazole rings is 1. The Labute approximate surface area is 118 Å². The molecular weight excluding hydrogens is 258 g/mol. The number of carbonyl (C=O) groups excluding carboxylic acids is 1. The lowest BCUT2D eigenvalue weighted by Crippen LogP contribution is -2.42. The molecule has 2 N–H and O–H groups in total. The summed E-state index contributed by atoms with van der Waals surface area (Å²) < 4.78 is 0. The second-order valence-corrected chi connectivity index (χ2v) is 6.68. The lowest BCUT2D eigenvalue weighted by molar-refractivity contribution is 0.233. The van der Waals surface area contributed by atoms with Crippen molar-refractivity contribution in [1.29, 1.82) is 0 Å². The molecule has 0 aromatic carbocycles. The van der Waals surface area contributed by atoms with Gasteiger partial charge in [0.05, 0.1) is 17.2 Å². The Kier molecular flexibility index (Phi) is 3.73. The van der Waals surface area contributed by atoms with Crippen LogP contribution in [0.15, 0.2) is 5.38 Å². The highest BCUT2D eigenvalue weighted by atomic mass is 32.1. The number of rotatable bonds is 4. The van der Waals surface area contributed by atoms with Crippen LogP contribution in [-0.2, 0) is 6.54 Å². The first-order valence-electron chi connectivity index (χ1n) is 7.21. The van der Waals surface area contributed by atoms with Crippen molar-refractivity contribution in [3.05, 3.63) is 16.1 Å². The predicted molar refractivity (Wildman–Crippen MR) is 76.3 cm³/mol. The lowest BCUT2D eigenvalue weighted by atomic mass is 10.1. The van der Waals surface area contributed by atoms with Crippen molar-refractivity contribution in [3.8, 4) is 0 Å². The number of hydrogen-bond acceptors (Lipinski definition) is 3. The Morgan fingerprint density at radius 3 is 2.95 bits per heavy atom. The lowest BCUT2D eigenvalue weighted by Gasteiger charge is -2.17. The van der Waals surface area contributed by atoms with E-state index in [4.69, 9.17) is 0 Å². The molecule has 1 heterocycles. The van der Waals surface area contributed by atoms with Crippen molar-refractivity contribution < 1.29 is 4.79 Å². The number of carbonyl (C=O) groups is 1. The summed E-state index contributed by atoms with van der Waals surface area (Å²) in [5.41, 5.74) is 0.988. The number of amides is 2. The van der Waals surface area contributed by atoms with Gasteiger partial charge in [-0.15, -0.1) is 11.3 Å². The predicted octanol–water partition coefficient (Wildman–Crippen LogP) is 3.01. The number of urea groups is 1. The molecule has 2 unspecified atom stereocenters. The van der Waals surface area contributed by atoms with E-state index in [2.05, 4.69) is 27.9 Å². The molecule has 1 aromatic rings. The number of hydrogen-bond donors (Lipinski definition) is 2. The smallest absolute Gasteiger partial charge is 0.315 e. The molecule has 2 aliphatic carbocycles. The average Bonchev–Trinajstić information content (AvgIpc) is 3.01. The van der Waals surface area contributed by atoms with E-state index in [9.17, 15) is 4.79 Å². The van der Waals surface area contributed by atoms with Crippen molar-refractivity contribution in [2.24, 2.45) is 5.92 Å². The van der Waals surface area contributed by atoms with Gasteiger partial charge in [-0.2, -0.15) is 0 Å². The van der Waals surface area contributed by atoms with E-state index in [0.717, 1.165) is 12.1 Å². The fraction of sp³-hybridized carbons (Fsp3) is 0.714. The van der Waals surface area contributed by atoms with Gasteiger partial charge in [0.2, 0.25) is 0 Å². The zero-order valence-electron chi connectivity index (χ0n) is 11.3. The fourth-order valence-electron chi connectivity index (χ4n) is 2.67. The Balaban J connectivity index is 1.44. The zero-order chi connectivity index (χ0) is 13.2. The summed E-state index contributed by atoms with van der Waals surface area (Å²) in [7, 11) is 0. The summed E-state index contributed by atoms with van der Waals surface area (Å²) in [6, 6.07) is 0.289. The third-order valence-electron chi connectivity index (χ3n) is 4.10. The maximum Gasteiger partial charge on any atom is 0.315 e. The molecule has 0 radical (unpaired) electrons. The SMILES string of the molecule is CC1CCCC1NC(=O)NCc1csc(C2CC2)n1. The van der Waals surface area contributed by atoms with Gasteiger partial charge in [0.25, 0.3) is 0 Å². The topological polar surface area (TPSA) is 54.0 Å². The van der Waals surface area contributed by atoms with Crippen LogP contribution >= 0.6 is 11.3 Å². The molecule has 0 aliphatic heterocycles. The minimum atomic E-state index is -0.0558. The monoisotopic (exact) mass is 279 g/mol. The van der Waals surface area contributed by atoms with Crippen LogP contribution in [-0.4, -0.2) is 17.1 Å². The molecule has 2 aliphatic rings. The first-order valence-corrected chi connectivity index (χ1v) is 8.09. The number of aromatic nitrogens is 1. The van der Waals surface area contributed by atoms with Crippen molar-refractivity contribution in [1.82, 2.24) is 15.6 Å². The highest BCUT2D eigenvalue weighted by Crippen LogP contribution is 2.41. The van der Waals surface area contributed by atoms with Gasteiger partial charge in [0.15, 0.2) is 0 Å². The third kappa shape index (κ3) is 3.26. The Hall–Kier alpha value is -1.10. The Bertz CT molecular complexity index is 455. The van der Waals surface area contributed by atoms with Crippen molar-refractivity contribution in [2.75, 3.05) is 0 Å². The molecular formula is C14H21N3OS. The second-order valence-electron chi connectivity index (χ2n) is 5.79. The van der Waals surface area contributed by atoms with Gasteiger partial charge in [-0.1, -0.05) is 13.3 Å². The maximum absolute atomic E-state index is 11.8. The average molecular weight is 279 g/mol. The first kappa shape index (κ1) is 12.9. The van der Waals surface area contributed by atoms with E-state index in [1.807, 2.05) is 0 Å². The van der Waals surface area contributed by atoms with Crippen molar-refractivity contribution in [2.45, 2.75) is 57.5 Å². The van der Waals surface area contributed by atoms with E-state index < -0.39 is 0 Å². The largest absolute Gasteiger partial charge is 0.335 e. The van der Waals surface area contributed by atoms with E-state index in [1.165, 1.54) is 30.7 Å². The van der Waals surface area contributed by atoms with E-state index in [0.29, 0.717) is 24.4 Å². The first-order chi connectivity index (χ1) is 9.22. The zero-order valence-corrected chi connectivity index (χ0v) is 12.1. The molecule has 19 heavy (non-hydrogen) atoms. The normalized spacial score (nSPS) is 26.4. The van der Waals surface area contributed by atoms with Crippen LogP contribution in [0, 0.1) is 5.92 Å². The van der Waals surface area contributed by atoms with Crippen LogP contribution in [0.1, 0.15) is 55.6 Å². The molecule has 0 spiro atoms. The molecule has 2 amide bonds. The van der Waals surface area contributed by atoms with Gasteiger partial charge in [0.1, 0.15) is 0 Å². The minimum Gasteiger partial charge on any atom is -0.335 e. The van der Waals surface area contributed by atoms with Gasteiger partial charge in [-0.3, -0.25) is 0 Å². The Morgan fingerprint density at radius 1 is 1.42 bits per heavy atom. The van der Waals surface area contributed by atoms with Gasteiger partial charge < -0.3 is 10.6 Å². The summed E-state index contributed by atoms with van der Waals surface area (Å²) in [5, 5.41) is 9.28. The van der Waals surface area contributed by atoms with Crippen LogP contribution < -0.4 is 10.6 Å². The maximum atomic E-state index is 11.8. The summed E-state index contributed by atoms with van der Waals surface area (Å²) in [4.78, 5) is 16.4. The second kappa shape index (κ2) is 5.49. The van der Waals surface area contributed by atoms with Crippen molar-refractivity contribution in [3.63, 3.8) is 0 Å². The quantitative estimate of drug-likeness (QED) is 0.890. The Morgan fingerprint density at radius 2 is 2.26 bits per heavy atom. The van der Waals surface area contributed by atoms with E-state index >= 15 is 0 Å². The van der Waals surface area contributed by atoms with Crippen LogP contribution in [0.3, 0.4) is 0 Å². The number of nitrogens with one attached hydrogen (secondary N) is 2. The third-order valence-corrected chi connectivity index (χ3v) is 5.16. The molecule has 2 saturated carbocycles. The molecule has 3 rings (SSSR count). The van der Waals surface area contributed by atoms with Gasteiger partial charge in [-0.25, -0.2) is 9.78 Å². The molecule has 4 nitrogen and oxygen atoms in total. The molecule has 5 heteroatoms. The standard InChI is InChI=1S/C14H21N3OS/c1-9-3-2-4-12(9)17-14(18)15-7-11-8-19-13(16-11)10-5-6-10/h8-10,12H,2-7H2,1H3,(H2,15,17,18). The molecule has 1 aromatic heterocycles. The van der Waals surface area contributed by atoms with Crippen LogP contribution in [0.25, 0.3) is 0 Å². The molecule has 104 valence electrons. The van der Waals surface area contributed by atoms with Crippen LogP contribution in [0.2, 0.25) is 0 Å². The highest BCUT2D eigenvalue weighted by molar-refractivity contribution is 7.09. The van der Waals surface area contributed by atoms with E-state index in [-0.39, 0.29) is 6.03 Å². The van der Waals surface area contributed by atoms with Crippen molar-refractivity contribution >= 4 is 17.4 Å². The van der Waals surface area contributed by atoms with Gasteiger partial charge >= 0.3 is 6.03 Å². The van der Waals surface area contributed by atoms with Crippen LogP contribution in [0.4, 0.5) is 4.79 Å². The van der Waals surface area contributed by atoms with Gasteiger partial charge in [0, 0.05) is 17.3 Å². The minimum absolute atomic E-state index is 0.0558. The highest BCUT2D eigenvalue weighted by Gasteiger charge is 2.27. The summed E-state index contributed by atoms with van der Waals surface area (Å²) in [6.07, 6.45) is 6.11.